The summed E-state index contributed by atoms with van der Waals surface area (Å²) in [6, 6.07) is 90.9. The van der Waals surface area contributed by atoms with Crippen LogP contribution in [0.3, 0.4) is 0 Å². The Morgan fingerprint density at radius 2 is 0.985 bits per heavy atom. The van der Waals surface area contributed by atoms with Gasteiger partial charge >= 0.3 is 0 Å². The van der Waals surface area contributed by atoms with Gasteiger partial charge in [0.2, 0.25) is 0 Å². The Morgan fingerprint density at radius 3 is 1.80 bits per heavy atom. The van der Waals surface area contributed by atoms with Crippen LogP contribution in [0.25, 0.3) is 76.9 Å². The molecule has 1 aliphatic carbocycles. The minimum absolute atomic E-state index is 0.528. The molecule has 0 bridgehead atoms. The smallest absolute Gasteiger partial charge is 0.143 e. The lowest BCUT2D eigenvalue weighted by molar-refractivity contribution is 0.673. The summed E-state index contributed by atoms with van der Waals surface area (Å²) in [7, 11) is 0. The van der Waals surface area contributed by atoms with Crippen LogP contribution < -0.4 is 4.90 Å². The number of hydrogen-bond acceptors (Lipinski definition) is 2. The van der Waals surface area contributed by atoms with Crippen molar-refractivity contribution >= 4 is 60.5 Å². The lowest BCUT2D eigenvalue weighted by atomic mass is 9.68. The van der Waals surface area contributed by atoms with Gasteiger partial charge in [-0.1, -0.05) is 200 Å². The van der Waals surface area contributed by atoms with Gasteiger partial charge < -0.3 is 9.32 Å². The van der Waals surface area contributed by atoms with E-state index in [1.165, 1.54) is 60.7 Å². The summed E-state index contributed by atoms with van der Waals surface area (Å²) >= 11 is 0. The molecule has 304 valence electrons. The number of rotatable bonds is 7. The Morgan fingerprint density at radius 1 is 0.354 bits per heavy atom. The average Bonchev–Trinajstić information content (AvgIpc) is 3.92. The normalized spacial score (nSPS) is 12.7. The lowest BCUT2D eigenvalue weighted by Crippen LogP contribution is -2.28. The molecule has 0 saturated carbocycles. The third-order valence-electron chi connectivity index (χ3n) is 13.7. The SMILES string of the molecule is c1ccc(C2(c3ccccc3)c3ccccc3-c3c(N(c4ccc(-c5ccc6ccccc6c5)cc4)c4cccc(-c5cccc6oc7c8ccccc8ccc7c56)c4)cccc32)cc1. The van der Waals surface area contributed by atoms with Crippen LogP contribution in [-0.2, 0) is 5.41 Å². The molecule has 1 aromatic heterocycles. The van der Waals surface area contributed by atoms with E-state index in [2.05, 4.69) is 254 Å². The highest BCUT2D eigenvalue weighted by molar-refractivity contribution is 6.19. The third-order valence-corrected chi connectivity index (χ3v) is 13.7. The number of hydrogen-bond donors (Lipinski definition) is 0. The highest BCUT2D eigenvalue weighted by Crippen LogP contribution is 2.59. The maximum atomic E-state index is 6.68. The van der Waals surface area contributed by atoms with Gasteiger partial charge in [0.15, 0.2) is 0 Å². The predicted octanol–water partition coefficient (Wildman–Crippen LogP) is 17.1. The molecule has 2 heteroatoms. The van der Waals surface area contributed by atoms with Gasteiger partial charge in [-0.05, 0) is 115 Å². The first-order valence-electron chi connectivity index (χ1n) is 22.4. The van der Waals surface area contributed by atoms with Crippen LogP contribution >= 0.6 is 0 Å². The van der Waals surface area contributed by atoms with Crippen LogP contribution in [0.15, 0.2) is 253 Å². The highest BCUT2D eigenvalue weighted by Gasteiger charge is 2.47. The number of nitrogens with zero attached hydrogens (tertiary/aromatic N) is 1. The lowest BCUT2D eigenvalue weighted by Gasteiger charge is -2.34. The summed E-state index contributed by atoms with van der Waals surface area (Å²) in [6.45, 7) is 0. The Kier molecular flexibility index (Phi) is 8.47. The van der Waals surface area contributed by atoms with Gasteiger partial charge in [0.1, 0.15) is 11.2 Å². The van der Waals surface area contributed by atoms with Crippen molar-refractivity contribution in [2.45, 2.75) is 5.41 Å². The zero-order valence-corrected chi connectivity index (χ0v) is 35.5. The molecule has 65 heavy (non-hydrogen) atoms. The van der Waals surface area contributed by atoms with Crippen LogP contribution in [0, 0.1) is 0 Å². The van der Waals surface area contributed by atoms with Crippen molar-refractivity contribution in [3.8, 4) is 33.4 Å². The summed E-state index contributed by atoms with van der Waals surface area (Å²) in [5, 5.41) is 7.02. The second kappa shape index (κ2) is 14.8. The minimum atomic E-state index is -0.528. The minimum Gasteiger partial charge on any atom is -0.455 e. The molecular formula is C63H41NO. The molecule has 1 heterocycles. The molecule has 0 unspecified atom stereocenters. The molecule has 0 atom stereocenters. The Balaban J connectivity index is 1.04. The Hall–Kier alpha value is -8.46. The predicted molar refractivity (Wildman–Crippen MR) is 272 cm³/mol. The van der Waals surface area contributed by atoms with Gasteiger partial charge in [-0.25, -0.2) is 0 Å². The molecule has 13 rings (SSSR count). The van der Waals surface area contributed by atoms with Crippen molar-refractivity contribution in [3.63, 3.8) is 0 Å². The number of furan rings is 1. The van der Waals surface area contributed by atoms with Crippen molar-refractivity contribution in [3.05, 3.63) is 271 Å². The van der Waals surface area contributed by atoms with Crippen LogP contribution in [0.1, 0.15) is 22.3 Å². The van der Waals surface area contributed by atoms with Crippen molar-refractivity contribution in [1.82, 2.24) is 0 Å². The molecule has 11 aromatic carbocycles. The number of fused-ring (bicyclic) bond motifs is 9. The van der Waals surface area contributed by atoms with E-state index in [0.717, 1.165) is 55.5 Å². The molecular weight excluding hydrogens is 787 g/mol. The van der Waals surface area contributed by atoms with E-state index in [0.29, 0.717) is 0 Å². The quantitative estimate of drug-likeness (QED) is 0.159. The first kappa shape index (κ1) is 37.1. The van der Waals surface area contributed by atoms with E-state index < -0.39 is 5.41 Å². The molecule has 0 spiro atoms. The third kappa shape index (κ3) is 5.74. The largest absolute Gasteiger partial charge is 0.455 e. The van der Waals surface area contributed by atoms with E-state index in [4.69, 9.17) is 4.42 Å². The molecule has 0 saturated heterocycles. The van der Waals surface area contributed by atoms with E-state index in [1.54, 1.807) is 0 Å². The van der Waals surface area contributed by atoms with Crippen molar-refractivity contribution in [1.29, 1.82) is 0 Å². The second-order valence-corrected chi connectivity index (χ2v) is 17.2. The molecule has 12 aromatic rings. The fourth-order valence-electron chi connectivity index (χ4n) is 10.9. The van der Waals surface area contributed by atoms with E-state index in [9.17, 15) is 0 Å². The standard InChI is InChI=1S/C63H41NO/c1-3-20-48(21-4-1)63(49-22-5-2-6-23-49)56-28-12-11-26-54(56)61-57(63)29-15-30-58(61)64(50-37-34-43(35-38-50)46-33-32-42-16-7-8-18-45(42)40-46)51-24-13-19-47(41-51)52-27-14-31-59-60(52)55-39-36-44-17-9-10-25-53(44)62(55)65-59/h1-41H. The van der Waals surface area contributed by atoms with Gasteiger partial charge in [0.25, 0.3) is 0 Å². The van der Waals surface area contributed by atoms with Crippen LogP contribution in [-0.4, -0.2) is 0 Å². The van der Waals surface area contributed by atoms with Gasteiger partial charge in [0.05, 0.1) is 11.1 Å². The van der Waals surface area contributed by atoms with Crippen molar-refractivity contribution < 1.29 is 4.42 Å². The summed E-state index contributed by atoms with van der Waals surface area (Å²) in [5.41, 5.74) is 16.7. The topological polar surface area (TPSA) is 16.4 Å². The Labute approximate surface area is 377 Å². The monoisotopic (exact) mass is 827 g/mol. The first-order valence-corrected chi connectivity index (χ1v) is 22.4. The molecule has 0 aliphatic heterocycles. The van der Waals surface area contributed by atoms with Gasteiger partial charge in [-0.2, -0.15) is 0 Å². The van der Waals surface area contributed by atoms with Gasteiger partial charge in [0, 0.05) is 33.1 Å². The first-order chi connectivity index (χ1) is 32.2. The van der Waals surface area contributed by atoms with Crippen molar-refractivity contribution in [2.75, 3.05) is 4.90 Å². The molecule has 0 N–H and O–H groups in total. The maximum absolute atomic E-state index is 6.68. The summed E-state index contributed by atoms with van der Waals surface area (Å²) in [4.78, 5) is 2.47. The maximum Gasteiger partial charge on any atom is 0.143 e. The number of benzene rings is 11. The van der Waals surface area contributed by atoms with E-state index in [-0.39, 0.29) is 0 Å². The van der Waals surface area contributed by atoms with E-state index in [1.807, 2.05) is 0 Å². The Bertz CT molecular complexity index is 3730. The van der Waals surface area contributed by atoms with Crippen molar-refractivity contribution in [2.24, 2.45) is 0 Å². The molecule has 2 nitrogen and oxygen atoms in total. The fourth-order valence-corrected chi connectivity index (χ4v) is 10.9. The zero-order valence-electron chi connectivity index (χ0n) is 35.5. The fraction of sp³-hybridized carbons (Fsp3) is 0.0159. The van der Waals surface area contributed by atoms with Crippen LogP contribution in [0.2, 0.25) is 0 Å². The van der Waals surface area contributed by atoms with Crippen LogP contribution in [0.4, 0.5) is 17.1 Å². The molecule has 0 radical (unpaired) electrons. The molecule has 0 fully saturated rings. The summed E-state index contributed by atoms with van der Waals surface area (Å²) in [5.74, 6) is 0. The zero-order chi connectivity index (χ0) is 42.9. The number of anilines is 3. The molecule has 0 amide bonds. The van der Waals surface area contributed by atoms with E-state index >= 15 is 0 Å². The summed E-state index contributed by atoms with van der Waals surface area (Å²) in [6.07, 6.45) is 0. The van der Waals surface area contributed by atoms with Crippen LogP contribution in [0.5, 0.6) is 0 Å². The van der Waals surface area contributed by atoms with Gasteiger partial charge in [-0.3, -0.25) is 0 Å². The average molecular weight is 828 g/mol. The molecule has 1 aliphatic rings. The summed E-state index contributed by atoms with van der Waals surface area (Å²) < 4.78 is 6.68. The highest BCUT2D eigenvalue weighted by atomic mass is 16.3. The van der Waals surface area contributed by atoms with Gasteiger partial charge in [-0.15, -0.1) is 0 Å². The second-order valence-electron chi connectivity index (χ2n) is 17.2.